The van der Waals surface area contributed by atoms with E-state index in [1.54, 1.807) is 18.2 Å². The van der Waals surface area contributed by atoms with Gasteiger partial charge in [0, 0.05) is 6.04 Å². The summed E-state index contributed by atoms with van der Waals surface area (Å²) in [6, 6.07) is 4.29. The van der Waals surface area contributed by atoms with E-state index in [0.717, 1.165) is 6.42 Å². The molecule has 1 rings (SSSR count). The van der Waals surface area contributed by atoms with E-state index in [1.807, 2.05) is 6.92 Å². The van der Waals surface area contributed by atoms with Crippen LogP contribution in [0.25, 0.3) is 0 Å². The van der Waals surface area contributed by atoms with Gasteiger partial charge in [-0.2, -0.15) is 13.2 Å². The van der Waals surface area contributed by atoms with Gasteiger partial charge in [-0.25, -0.2) is 0 Å². The molecule has 1 unspecified atom stereocenters. The first kappa shape index (κ1) is 15.5. The third kappa shape index (κ3) is 5.28. The SMILES string of the molecule is CCCOc1cccc(NC(C)CC(F)(F)F)c1N. The molecule has 3 nitrogen and oxygen atoms in total. The normalized spacial score (nSPS) is 13.1. The lowest BCUT2D eigenvalue weighted by molar-refractivity contribution is -0.136. The summed E-state index contributed by atoms with van der Waals surface area (Å²) in [7, 11) is 0. The quantitative estimate of drug-likeness (QED) is 0.777. The third-order valence-corrected chi connectivity index (χ3v) is 2.47. The van der Waals surface area contributed by atoms with Gasteiger partial charge in [0.25, 0.3) is 0 Å². The standard InChI is InChI=1S/C13H19F3N2O/c1-3-7-19-11-6-4-5-10(12(11)17)18-9(2)8-13(14,15)16/h4-6,9,18H,3,7-8,17H2,1-2H3. The number of hydrogen-bond acceptors (Lipinski definition) is 3. The van der Waals surface area contributed by atoms with E-state index in [2.05, 4.69) is 5.32 Å². The molecule has 1 aromatic carbocycles. The second-order valence-corrected chi connectivity index (χ2v) is 4.43. The Morgan fingerprint density at radius 2 is 2.05 bits per heavy atom. The monoisotopic (exact) mass is 276 g/mol. The van der Waals surface area contributed by atoms with E-state index in [9.17, 15) is 13.2 Å². The number of nitrogens with two attached hydrogens (primary N) is 1. The average Bonchev–Trinajstić information content (AvgIpc) is 2.28. The van der Waals surface area contributed by atoms with Crippen molar-refractivity contribution in [3.63, 3.8) is 0 Å². The summed E-state index contributed by atoms with van der Waals surface area (Å²) in [5.74, 6) is 0.492. The average molecular weight is 276 g/mol. The Hall–Kier alpha value is -1.59. The molecule has 0 saturated heterocycles. The van der Waals surface area contributed by atoms with Gasteiger partial charge in [-0.05, 0) is 25.5 Å². The lowest BCUT2D eigenvalue weighted by atomic mass is 10.2. The number of para-hydroxylation sites is 1. The van der Waals surface area contributed by atoms with Crippen LogP contribution in [0.5, 0.6) is 5.75 Å². The van der Waals surface area contributed by atoms with Gasteiger partial charge in [0.2, 0.25) is 0 Å². The molecule has 0 heterocycles. The highest BCUT2D eigenvalue weighted by molar-refractivity contribution is 5.73. The topological polar surface area (TPSA) is 47.3 Å². The van der Waals surface area contributed by atoms with Crippen LogP contribution in [0.1, 0.15) is 26.7 Å². The smallest absolute Gasteiger partial charge is 0.391 e. The van der Waals surface area contributed by atoms with Crippen LogP contribution in [0.2, 0.25) is 0 Å². The van der Waals surface area contributed by atoms with Crippen molar-refractivity contribution < 1.29 is 17.9 Å². The minimum absolute atomic E-state index is 0.338. The van der Waals surface area contributed by atoms with Crippen LogP contribution in [0, 0.1) is 0 Å². The third-order valence-electron chi connectivity index (χ3n) is 2.47. The molecule has 0 amide bonds. The largest absolute Gasteiger partial charge is 0.491 e. The number of anilines is 2. The van der Waals surface area contributed by atoms with Crippen molar-refractivity contribution in [2.75, 3.05) is 17.7 Å². The zero-order valence-corrected chi connectivity index (χ0v) is 11.1. The second kappa shape index (κ2) is 6.54. The van der Waals surface area contributed by atoms with Crippen LogP contribution < -0.4 is 15.8 Å². The van der Waals surface area contributed by atoms with Gasteiger partial charge in [0.05, 0.1) is 24.4 Å². The molecule has 0 aromatic heterocycles. The summed E-state index contributed by atoms with van der Waals surface area (Å²) in [5.41, 5.74) is 6.67. The highest BCUT2D eigenvalue weighted by Crippen LogP contribution is 2.31. The highest BCUT2D eigenvalue weighted by Gasteiger charge is 2.30. The summed E-state index contributed by atoms with van der Waals surface area (Å²) in [4.78, 5) is 0. The highest BCUT2D eigenvalue weighted by atomic mass is 19.4. The van der Waals surface area contributed by atoms with Crippen LogP contribution in [-0.2, 0) is 0 Å². The zero-order chi connectivity index (χ0) is 14.5. The van der Waals surface area contributed by atoms with Gasteiger partial charge in [0.1, 0.15) is 5.75 Å². The molecule has 1 atom stereocenters. The summed E-state index contributed by atoms with van der Waals surface area (Å²) < 4.78 is 42.2. The Labute approximate surface area is 110 Å². The van der Waals surface area contributed by atoms with Crippen LogP contribution in [-0.4, -0.2) is 18.8 Å². The van der Waals surface area contributed by atoms with Crippen LogP contribution in [0.3, 0.4) is 0 Å². The van der Waals surface area contributed by atoms with Crippen molar-refractivity contribution >= 4 is 11.4 Å². The number of rotatable bonds is 6. The lowest BCUT2D eigenvalue weighted by Gasteiger charge is -2.19. The number of benzene rings is 1. The fraction of sp³-hybridized carbons (Fsp3) is 0.538. The molecule has 1 aromatic rings. The van der Waals surface area contributed by atoms with Crippen molar-refractivity contribution in [1.29, 1.82) is 0 Å². The molecular weight excluding hydrogens is 257 g/mol. The minimum Gasteiger partial charge on any atom is -0.491 e. The van der Waals surface area contributed by atoms with Crippen molar-refractivity contribution in [2.24, 2.45) is 0 Å². The Morgan fingerprint density at radius 3 is 2.63 bits per heavy atom. The van der Waals surface area contributed by atoms with Crippen LogP contribution >= 0.6 is 0 Å². The van der Waals surface area contributed by atoms with Gasteiger partial charge in [0.15, 0.2) is 0 Å². The van der Waals surface area contributed by atoms with E-state index in [0.29, 0.717) is 23.7 Å². The van der Waals surface area contributed by atoms with Gasteiger partial charge in [-0.1, -0.05) is 13.0 Å². The van der Waals surface area contributed by atoms with E-state index >= 15 is 0 Å². The predicted octanol–water partition coefficient (Wildman–Crippen LogP) is 3.81. The maximum atomic E-state index is 12.3. The molecule has 0 fully saturated rings. The summed E-state index contributed by atoms with van der Waals surface area (Å²) in [6.07, 6.45) is -4.27. The first-order valence-corrected chi connectivity index (χ1v) is 6.18. The van der Waals surface area contributed by atoms with Crippen molar-refractivity contribution in [1.82, 2.24) is 0 Å². The lowest BCUT2D eigenvalue weighted by Crippen LogP contribution is -2.24. The Bertz CT molecular complexity index is 407. The number of alkyl halides is 3. The first-order valence-electron chi connectivity index (χ1n) is 6.18. The predicted molar refractivity (Wildman–Crippen MR) is 70.4 cm³/mol. The molecule has 6 heteroatoms. The Balaban J connectivity index is 2.73. The Kier molecular flexibility index (Phi) is 5.32. The summed E-state index contributed by atoms with van der Waals surface area (Å²) >= 11 is 0. The van der Waals surface area contributed by atoms with Crippen molar-refractivity contribution in [3.8, 4) is 5.75 Å². The summed E-state index contributed by atoms with van der Waals surface area (Å²) in [5, 5.41) is 2.76. The van der Waals surface area contributed by atoms with E-state index in [1.165, 1.54) is 6.92 Å². The molecule has 108 valence electrons. The van der Waals surface area contributed by atoms with E-state index in [-0.39, 0.29) is 0 Å². The molecule has 19 heavy (non-hydrogen) atoms. The van der Waals surface area contributed by atoms with Crippen molar-refractivity contribution in [3.05, 3.63) is 18.2 Å². The molecule has 0 spiro atoms. The van der Waals surface area contributed by atoms with Gasteiger partial charge >= 0.3 is 6.18 Å². The van der Waals surface area contributed by atoms with Crippen LogP contribution in [0.15, 0.2) is 18.2 Å². The number of halogens is 3. The van der Waals surface area contributed by atoms with Gasteiger partial charge in [-0.15, -0.1) is 0 Å². The van der Waals surface area contributed by atoms with Gasteiger partial charge < -0.3 is 15.8 Å². The second-order valence-electron chi connectivity index (χ2n) is 4.43. The number of hydrogen-bond donors (Lipinski definition) is 2. The molecule has 0 aliphatic carbocycles. The fourth-order valence-electron chi connectivity index (χ4n) is 1.67. The molecule has 0 aliphatic heterocycles. The van der Waals surface area contributed by atoms with E-state index < -0.39 is 18.6 Å². The number of nitrogens with one attached hydrogen (secondary N) is 1. The Morgan fingerprint density at radius 1 is 1.37 bits per heavy atom. The van der Waals surface area contributed by atoms with Crippen molar-refractivity contribution in [2.45, 2.75) is 38.9 Å². The number of nitrogen functional groups attached to an aromatic ring is 1. The maximum absolute atomic E-state index is 12.3. The molecule has 3 N–H and O–H groups in total. The van der Waals surface area contributed by atoms with E-state index in [4.69, 9.17) is 10.5 Å². The first-order chi connectivity index (χ1) is 8.83. The molecule has 0 radical (unpaired) electrons. The maximum Gasteiger partial charge on any atom is 0.391 e. The molecule has 0 saturated carbocycles. The van der Waals surface area contributed by atoms with Gasteiger partial charge in [-0.3, -0.25) is 0 Å². The fourth-order valence-corrected chi connectivity index (χ4v) is 1.67. The number of ether oxygens (including phenoxy) is 1. The molecule has 0 aliphatic rings. The zero-order valence-electron chi connectivity index (χ0n) is 11.1. The minimum atomic E-state index is -4.20. The summed E-state index contributed by atoms with van der Waals surface area (Å²) in [6.45, 7) is 3.95. The van der Waals surface area contributed by atoms with Crippen LogP contribution in [0.4, 0.5) is 24.5 Å². The molecular formula is C13H19F3N2O. The molecule has 0 bridgehead atoms.